The van der Waals surface area contributed by atoms with Crippen molar-refractivity contribution in [2.75, 3.05) is 11.5 Å². The van der Waals surface area contributed by atoms with Gasteiger partial charge in [0.15, 0.2) is 11.4 Å². The van der Waals surface area contributed by atoms with Crippen molar-refractivity contribution in [3.63, 3.8) is 0 Å². The summed E-state index contributed by atoms with van der Waals surface area (Å²) in [7, 11) is 0. The van der Waals surface area contributed by atoms with Crippen molar-refractivity contribution in [1.29, 1.82) is 0 Å². The van der Waals surface area contributed by atoms with Crippen LogP contribution in [0.3, 0.4) is 0 Å². The summed E-state index contributed by atoms with van der Waals surface area (Å²) in [5.41, 5.74) is 34.6. The average Bonchev–Trinajstić information content (AvgIpc) is 3.74. The number of hydrogen-bond donors (Lipinski definition) is 4. The Morgan fingerprint density at radius 1 is 0.596 bits per heavy atom. The molecule has 260 valence electrons. The summed E-state index contributed by atoms with van der Waals surface area (Å²) in [6.07, 6.45) is 3.67. The standard InChI is InChI=1S/2C19H18N6O/c1-3-25-9-22-13-8-11(5-7-14(13)25)15-10(2)4-6-12-16(20)18(19(21)26)24-23-17(12)15;1-3-25-9-22-13-7-5-11(8-14(13)25)15-10(2)4-6-12-16(20)18(19(21)26)24-23-17(12)15/h2*4-9H,3H2,1-2H3,(H2,20,23)(H2,21,26). The van der Waals surface area contributed by atoms with Crippen molar-refractivity contribution in [3.05, 3.63) is 95.8 Å². The number of primary amides is 2. The molecule has 14 nitrogen and oxygen atoms in total. The minimum absolute atomic E-state index is 0.00758. The Kier molecular flexibility index (Phi) is 8.42. The van der Waals surface area contributed by atoms with Gasteiger partial charge in [-0.3, -0.25) is 9.59 Å². The summed E-state index contributed by atoms with van der Waals surface area (Å²) in [6.45, 7) is 9.87. The summed E-state index contributed by atoms with van der Waals surface area (Å²) < 4.78 is 4.18. The van der Waals surface area contributed by atoms with E-state index in [1.807, 2.05) is 81.1 Å². The number of aromatic nitrogens is 8. The fourth-order valence-corrected chi connectivity index (χ4v) is 6.62. The number of rotatable bonds is 6. The molecule has 14 heteroatoms. The highest BCUT2D eigenvalue weighted by Gasteiger charge is 2.19. The van der Waals surface area contributed by atoms with Crippen LogP contribution in [0.2, 0.25) is 0 Å². The van der Waals surface area contributed by atoms with Crippen LogP contribution in [0, 0.1) is 13.8 Å². The van der Waals surface area contributed by atoms with E-state index in [0.717, 1.165) is 68.5 Å². The molecule has 0 aliphatic carbocycles. The minimum Gasteiger partial charge on any atom is -0.396 e. The maximum absolute atomic E-state index is 11.5. The third-order valence-corrected chi connectivity index (χ3v) is 9.33. The maximum Gasteiger partial charge on any atom is 0.271 e. The normalized spacial score (nSPS) is 11.3. The predicted octanol–water partition coefficient (Wildman–Crippen LogP) is 5.31. The zero-order valence-electron chi connectivity index (χ0n) is 29.0. The van der Waals surface area contributed by atoms with Crippen molar-refractivity contribution < 1.29 is 9.59 Å². The highest BCUT2D eigenvalue weighted by Crippen LogP contribution is 2.36. The molecular formula is C38H36N12O2. The van der Waals surface area contributed by atoms with Gasteiger partial charge in [-0.2, -0.15) is 0 Å². The average molecular weight is 693 g/mol. The van der Waals surface area contributed by atoms with Gasteiger partial charge in [0.25, 0.3) is 11.8 Å². The Balaban J connectivity index is 0.000000162. The molecule has 0 unspecified atom stereocenters. The van der Waals surface area contributed by atoms with E-state index in [1.54, 1.807) is 0 Å². The Morgan fingerprint density at radius 3 is 1.60 bits per heavy atom. The number of imidazole rings is 2. The molecular weight excluding hydrogens is 656 g/mol. The number of carbonyl (C=O) groups is 2. The van der Waals surface area contributed by atoms with Crippen LogP contribution >= 0.6 is 0 Å². The lowest BCUT2D eigenvalue weighted by Gasteiger charge is -2.12. The predicted molar refractivity (Wildman–Crippen MR) is 203 cm³/mol. The summed E-state index contributed by atoms with van der Waals surface area (Å²) in [6, 6.07) is 19.8. The van der Waals surface area contributed by atoms with E-state index in [0.29, 0.717) is 21.8 Å². The Morgan fingerprint density at radius 2 is 1.08 bits per heavy atom. The lowest BCUT2D eigenvalue weighted by atomic mass is 9.96. The number of nitrogen functional groups attached to an aromatic ring is 2. The lowest BCUT2D eigenvalue weighted by Crippen LogP contribution is -2.17. The van der Waals surface area contributed by atoms with E-state index in [4.69, 9.17) is 22.9 Å². The maximum atomic E-state index is 11.5. The fraction of sp³-hybridized carbons (Fsp3) is 0.158. The number of benzene rings is 4. The van der Waals surface area contributed by atoms with Gasteiger partial charge in [0, 0.05) is 35.0 Å². The molecule has 0 aliphatic rings. The van der Waals surface area contributed by atoms with E-state index >= 15 is 0 Å². The summed E-state index contributed by atoms with van der Waals surface area (Å²) in [5, 5.41) is 17.7. The van der Waals surface area contributed by atoms with Crippen LogP contribution in [0.4, 0.5) is 11.4 Å². The Labute approximate surface area is 297 Å². The molecule has 4 aromatic carbocycles. The second-order valence-corrected chi connectivity index (χ2v) is 12.4. The molecule has 0 aliphatic heterocycles. The first-order valence-corrected chi connectivity index (χ1v) is 16.6. The van der Waals surface area contributed by atoms with Crippen molar-refractivity contribution in [2.45, 2.75) is 40.8 Å². The largest absolute Gasteiger partial charge is 0.396 e. The number of nitrogens with two attached hydrogens (primary N) is 4. The van der Waals surface area contributed by atoms with Crippen LogP contribution in [0.5, 0.6) is 0 Å². The third-order valence-electron chi connectivity index (χ3n) is 9.33. The van der Waals surface area contributed by atoms with Crippen LogP contribution in [0.25, 0.3) is 66.1 Å². The SMILES string of the molecule is CCn1cnc2cc(-c3c(C)ccc4c(N)c(C(N)=O)nnc34)ccc21.CCn1cnc2ccc(-c3c(C)ccc4c(N)c(C(N)=O)nnc34)cc21. The van der Waals surface area contributed by atoms with E-state index in [-0.39, 0.29) is 22.8 Å². The van der Waals surface area contributed by atoms with E-state index in [9.17, 15) is 9.59 Å². The van der Waals surface area contributed by atoms with Crippen molar-refractivity contribution in [3.8, 4) is 22.3 Å². The first kappa shape index (κ1) is 33.5. The molecule has 0 fully saturated rings. The molecule has 52 heavy (non-hydrogen) atoms. The number of aryl methyl sites for hydroxylation is 4. The Bertz CT molecular complexity index is 2730. The van der Waals surface area contributed by atoms with Gasteiger partial charge in [-0.1, -0.05) is 36.4 Å². The van der Waals surface area contributed by atoms with Gasteiger partial charge in [-0.25, -0.2) is 9.97 Å². The van der Waals surface area contributed by atoms with Crippen molar-refractivity contribution in [1.82, 2.24) is 39.5 Å². The second-order valence-electron chi connectivity index (χ2n) is 12.4. The lowest BCUT2D eigenvalue weighted by molar-refractivity contribution is 0.0987. The number of amides is 2. The molecule has 4 heterocycles. The molecule has 0 saturated carbocycles. The minimum atomic E-state index is -0.689. The fourth-order valence-electron chi connectivity index (χ4n) is 6.62. The molecule has 0 spiro atoms. The second kappa shape index (κ2) is 13.1. The van der Waals surface area contributed by atoms with Crippen LogP contribution in [0.1, 0.15) is 46.0 Å². The van der Waals surface area contributed by atoms with E-state index in [2.05, 4.69) is 59.4 Å². The molecule has 2 amide bonds. The van der Waals surface area contributed by atoms with Gasteiger partial charge < -0.3 is 32.1 Å². The van der Waals surface area contributed by atoms with Gasteiger partial charge >= 0.3 is 0 Å². The Hall–Kier alpha value is -6.96. The molecule has 0 bridgehead atoms. The van der Waals surface area contributed by atoms with Gasteiger partial charge in [-0.15, -0.1) is 20.4 Å². The van der Waals surface area contributed by atoms with Gasteiger partial charge in [0.05, 0.1) is 46.1 Å². The number of fused-ring (bicyclic) bond motifs is 4. The molecule has 8 N–H and O–H groups in total. The summed E-state index contributed by atoms with van der Waals surface area (Å²) in [5.74, 6) is -1.38. The van der Waals surface area contributed by atoms with Crippen LogP contribution in [-0.2, 0) is 13.1 Å². The van der Waals surface area contributed by atoms with Crippen LogP contribution < -0.4 is 22.9 Å². The first-order valence-electron chi connectivity index (χ1n) is 16.6. The first-order chi connectivity index (χ1) is 25.0. The van der Waals surface area contributed by atoms with Crippen LogP contribution in [-0.4, -0.2) is 51.3 Å². The third kappa shape index (κ3) is 5.55. The summed E-state index contributed by atoms with van der Waals surface area (Å²) >= 11 is 0. The number of hydrogen-bond acceptors (Lipinski definition) is 10. The number of carbonyl (C=O) groups excluding carboxylic acids is 2. The summed E-state index contributed by atoms with van der Waals surface area (Å²) in [4.78, 5) is 31.9. The number of anilines is 2. The topological polar surface area (TPSA) is 225 Å². The van der Waals surface area contributed by atoms with Crippen molar-refractivity contribution in [2.24, 2.45) is 11.5 Å². The van der Waals surface area contributed by atoms with Gasteiger partial charge in [-0.05, 0) is 74.2 Å². The number of nitrogens with zero attached hydrogens (tertiary/aromatic N) is 8. The zero-order valence-corrected chi connectivity index (χ0v) is 29.0. The molecule has 8 rings (SSSR count). The van der Waals surface area contributed by atoms with Gasteiger partial charge in [0.1, 0.15) is 11.0 Å². The highest BCUT2D eigenvalue weighted by molar-refractivity contribution is 6.09. The quantitative estimate of drug-likeness (QED) is 0.176. The highest BCUT2D eigenvalue weighted by atomic mass is 16.1. The molecule has 8 aromatic rings. The van der Waals surface area contributed by atoms with E-state index in [1.165, 1.54) is 0 Å². The molecule has 0 radical (unpaired) electrons. The van der Waals surface area contributed by atoms with E-state index < -0.39 is 11.8 Å². The molecule has 0 atom stereocenters. The van der Waals surface area contributed by atoms with Crippen LogP contribution in [0.15, 0.2) is 73.3 Å². The smallest absolute Gasteiger partial charge is 0.271 e. The van der Waals surface area contributed by atoms with Crippen molar-refractivity contribution >= 4 is 67.1 Å². The molecule has 4 aromatic heterocycles. The monoisotopic (exact) mass is 692 g/mol. The zero-order chi connectivity index (χ0) is 36.8. The van der Waals surface area contributed by atoms with Gasteiger partial charge in [0.2, 0.25) is 0 Å². The molecule has 0 saturated heterocycles.